The van der Waals surface area contributed by atoms with Crippen molar-refractivity contribution < 1.29 is 9.53 Å². The summed E-state index contributed by atoms with van der Waals surface area (Å²) in [4.78, 5) is 23.0. The summed E-state index contributed by atoms with van der Waals surface area (Å²) in [5.41, 5.74) is 1.94. The molecule has 24 heavy (non-hydrogen) atoms. The van der Waals surface area contributed by atoms with Crippen LogP contribution in [0.25, 0.3) is 0 Å². The number of fused-ring (bicyclic) bond motifs is 1. The Labute approximate surface area is 143 Å². The lowest BCUT2D eigenvalue weighted by Crippen LogP contribution is -2.44. The van der Waals surface area contributed by atoms with Crippen molar-refractivity contribution >= 4 is 6.03 Å². The number of carbonyl (C=O) groups is 1. The van der Waals surface area contributed by atoms with Crippen LogP contribution in [0.4, 0.5) is 4.79 Å². The normalized spacial score (nSPS) is 26.6. The molecule has 6 heteroatoms. The highest BCUT2D eigenvalue weighted by Gasteiger charge is 2.44. The van der Waals surface area contributed by atoms with Gasteiger partial charge < -0.3 is 15.0 Å². The van der Waals surface area contributed by atoms with Crippen molar-refractivity contribution in [3.8, 4) is 5.88 Å². The maximum absolute atomic E-state index is 12.6. The van der Waals surface area contributed by atoms with E-state index in [0.29, 0.717) is 30.9 Å². The Bertz CT molecular complexity index is 601. The van der Waals surface area contributed by atoms with Gasteiger partial charge in [-0.25, -0.2) is 14.8 Å². The van der Waals surface area contributed by atoms with E-state index in [0.717, 1.165) is 30.0 Å². The average Bonchev–Trinajstić information content (AvgIpc) is 3.40. The molecule has 2 amide bonds. The third-order valence-electron chi connectivity index (χ3n) is 5.85. The Hall–Kier alpha value is -1.85. The van der Waals surface area contributed by atoms with Crippen LogP contribution in [0, 0.1) is 11.8 Å². The molecule has 6 nitrogen and oxygen atoms in total. The summed E-state index contributed by atoms with van der Waals surface area (Å²) < 4.78 is 5.32. The predicted octanol–water partition coefficient (Wildman–Crippen LogP) is 2.52. The molecule has 0 bridgehead atoms. The first-order chi connectivity index (χ1) is 11.8. The number of aromatic nitrogens is 2. The van der Waals surface area contributed by atoms with Gasteiger partial charge in [-0.2, -0.15) is 0 Å². The minimum absolute atomic E-state index is 0.0508. The van der Waals surface area contributed by atoms with Crippen LogP contribution in [0.15, 0.2) is 6.33 Å². The first-order valence-electron chi connectivity index (χ1n) is 9.18. The van der Waals surface area contributed by atoms with Gasteiger partial charge in [0.1, 0.15) is 6.33 Å². The van der Waals surface area contributed by atoms with Crippen LogP contribution >= 0.6 is 0 Å². The second-order valence-corrected chi connectivity index (χ2v) is 7.33. The fourth-order valence-electron chi connectivity index (χ4n) is 4.38. The van der Waals surface area contributed by atoms with Crippen molar-refractivity contribution in [3.05, 3.63) is 17.6 Å². The van der Waals surface area contributed by atoms with E-state index < -0.39 is 0 Å². The number of hydrogen-bond acceptors (Lipinski definition) is 4. The van der Waals surface area contributed by atoms with Crippen LogP contribution in [0.3, 0.4) is 0 Å². The summed E-state index contributed by atoms with van der Waals surface area (Å²) in [7, 11) is 1.61. The Morgan fingerprint density at radius 1 is 1.29 bits per heavy atom. The fourth-order valence-corrected chi connectivity index (χ4v) is 4.38. The van der Waals surface area contributed by atoms with Crippen LogP contribution < -0.4 is 10.1 Å². The van der Waals surface area contributed by atoms with Crippen LogP contribution in [-0.4, -0.2) is 40.6 Å². The zero-order valence-electron chi connectivity index (χ0n) is 14.3. The highest BCUT2D eigenvalue weighted by atomic mass is 16.5. The maximum atomic E-state index is 12.6. The topological polar surface area (TPSA) is 67.4 Å². The first-order valence-corrected chi connectivity index (χ1v) is 9.18. The third-order valence-corrected chi connectivity index (χ3v) is 5.85. The number of amides is 2. The number of methoxy groups -OCH3 is 1. The highest BCUT2D eigenvalue weighted by molar-refractivity contribution is 5.75. The van der Waals surface area contributed by atoms with Crippen molar-refractivity contribution in [3.63, 3.8) is 0 Å². The van der Waals surface area contributed by atoms with Crippen molar-refractivity contribution in [1.82, 2.24) is 20.2 Å². The fraction of sp³-hybridized carbons (Fsp3) is 0.722. The minimum atomic E-state index is 0.0508. The maximum Gasteiger partial charge on any atom is 0.317 e. The zero-order valence-corrected chi connectivity index (χ0v) is 14.3. The smallest absolute Gasteiger partial charge is 0.317 e. The van der Waals surface area contributed by atoms with Crippen LogP contribution in [0.2, 0.25) is 0 Å². The van der Waals surface area contributed by atoms with Gasteiger partial charge >= 0.3 is 6.03 Å². The van der Waals surface area contributed by atoms with Crippen molar-refractivity contribution in [2.75, 3.05) is 13.7 Å². The molecule has 0 saturated heterocycles. The van der Waals surface area contributed by atoms with E-state index in [1.165, 1.54) is 38.4 Å². The van der Waals surface area contributed by atoms with Gasteiger partial charge in [0.15, 0.2) is 0 Å². The number of rotatable bonds is 3. The number of carbonyl (C=O) groups excluding carboxylic acids is 1. The van der Waals surface area contributed by atoms with Gasteiger partial charge in [0.05, 0.1) is 24.9 Å². The molecule has 1 aromatic rings. The molecule has 0 radical (unpaired) electrons. The van der Waals surface area contributed by atoms with Gasteiger partial charge in [0.25, 0.3) is 0 Å². The number of nitrogens with one attached hydrogen (secondary N) is 1. The lowest BCUT2D eigenvalue weighted by molar-refractivity contribution is 0.188. The number of nitrogens with zero attached hydrogens (tertiary/aromatic N) is 3. The molecule has 0 unspecified atom stereocenters. The largest absolute Gasteiger partial charge is 0.481 e. The number of ether oxygens (including phenoxy) is 1. The van der Waals surface area contributed by atoms with Crippen LogP contribution in [0.1, 0.15) is 49.8 Å². The summed E-state index contributed by atoms with van der Waals surface area (Å²) >= 11 is 0. The summed E-state index contributed by atoms with van der Waals surface area (Å²) in [6.07, 6.45) is 10.3. The van der Waals surface area contributed by atoms with Gasteiger partial charge in [-0.3, -0.25) is 0 Å². The van der Waals surface area contributed by atoms with Crippen molar-refractivity contribution in [2.24, 2.45) is 11.8 Å². The molecule has 4 rings (SSSR count). The van der Waals surface area contributed by atoms with Crippen LogP contribution in [0.5, 0.6) is 5.88 Å². The highest BCUT2D eigenvalue weighted by Crippen LogP contribution is 2.44. The molecule has 130 valence electrons. The lowest BCUT2D eigenvalue weighted by Gasteiger charge is -2.29. The summed E-state index contributed by atoms with van der Waals surface area (Å²) in [5.74, 6) is 2.13. The molecule has 2 saturated carbocycles. The molecule has 0 spiro atoms. The molecule has 2 heterocycles. The van der Waals surface area contributed by atoms with E-state index in [2.05, 4.69) is 15.3 Å². The quantitative estimate of drug-likeness (QED) is 0.925. The van der Waals surface area contributed by atoms with E-state index >= 15 is 0 Å². The molecular formula is C18H26N4O2. The van der Waals surface area contributed by atoms with Crippen LogP contribution in [-0.2, 0) is 13.0 Å². The Morgan fingerprint density at radius 3 is 2.92 bits per heavy atom. The van der Waals surface area contributed by atoms with Crippen molar-refractivity contribution in [2.45, 2.75) is 57.5 Å². The van der Waals surface area contributed by atoms with E-state index in [9.17, 15) is 4.79 Å². The minimum Gasteiger partial charge on any atom is -0.481 e. The lowest BCUT2D eigenvalue weighted by atomic mass is 9.85. The van der Waals surface area contributed by atoms with Gasteiger partial charge in [-0.15, -0.1) is 0 Å². The zero-order chi connectivity index (χ0) is 16.5. The molecule has 2 fully saturated rings. The second kappa shape index (κ2) is 6.57. The standard InChI is InChI=1S/C18H26N4O2/c1-24-17-14-10-22(8-7-15(14)19-11-20-17)18(23)21-16-9-13(16)12-5-3-2-4-6-12/h11-13,16H,2-10H2,1H3,(H,21,23)/t13-,16-/m0/s1. The van der Waals surface area contributed by atoms with E-state index in [1.807, 2.05) is 4.90 Å². The third kappa shape index (κ3) is 3.06. The predicted molar refractivity (Wildman–Crippen MR) is 89.7 cm³/mol. The van der Waals surface area contributed by atoms with E-state index in [1.54, 1.807) is 7.11 Å². The first kappa shape index (κ1) is 15.7. The summed E-state index contributed by atoms with van der Waals surface area (Å²) in [6.45, 7) is 1.24. The van der Waals surface area contributed by atoms with E-state index in [-0.39, 0.29) is 6.03 Å². The Kier molecular flexibility index (Phi) is 4.29. The summed E-state index contributed by atoms with van der Waals surface area (Å²) in [5, 5.41) is 3.24. The molecule has 3 aliphatic rings. The van der Waals surface area contributed by atoms with Crippen molar-refractivity contribution in [1.29, 1.82) is 0 Å². The molecule has 2 aliphatic carbocycles. The molecule has 2 atom stereocenters. The van der Waals surface area contributed by atoms with E-state index in [4.69, 9.17) is 4.74 Å². The van der Waals surface area contributed by atoms with Gasteiger partial charge in [0, 0.05) is 19.0 Å². The van der Waals surface area contributed by atoms with Gasteiger partial charge in [-0.05, 0) is 18.3 Å². The molecule has 0 aromatic carbocycles. The average molecular weight is 330 g/mol. The molecule has 1 N–H and O–H groups in total. The monoisotopic (exact) mass is 330 g/mol. The number of hydrogen-bond donors (Lipinski definition) is 1. The molecular weight excluding hydrogens is 304 g/mol. The van der Waals surface area contributed by atoms with Gasteiger partial charge in [-0.1, -0.05) is 32.1 Å². The molecule has 1 aromatic heterocycles. The molecule has 1 aliphatic heterocycles. The Morgan fingerprint density at radius 2 is 2.12 bits per heavy atom. The van der Waals surface area contributed by atoms with Gasteiger partial charge in [0.2, 0.25) is 5.88 Å². The summed E-state index contributed by atoms with van der Waals surface area (Å²) in [6, 6.07) is 0.436. The Balaban J connectivity index is 1.34. The SMILES string of the molecule is COc1ncnc2c1CN(C(=O)N[C@H]1C[C@H]1C1CCCCC1)CC2. The number of urea groups is 1. The second-order valence-electron chi connectivity index (χ2n) is 7.33.